The number of nitrogens with zero attached hydrogens (tertiary/aromatic N) is 5. The molecule has 0 radical (unpaired) electrons. The van der Waals surface area contributed by atoms with E-state index in [9.17, 15) is 97.1 Å². The van der Waals surface area contributed by atoms with Gasteiger partial charge in [0.05, 0.1) is 44.7 Å². The number of amides is 13. The van der Waals surface area contributed by atoms with E-state index in [4.69, 9.17) is 11.5 Å². The summed E-state index contributed by atoms with van der Waals surface area (Å²) in [7, 11) is 0. The third-order valence-electron chi connectivity index (χ3n) is 20.0. The zero-order chi connectivity index (χ0) is 89.0. The number of carbonyl (C=O) groups is 16. The van der Waals surface area contributed by atoms with Crippen molar-refractivity contribution in [2.24, 2.45) is 17.4 Å². The fourth-order valence-electron chi connectivity index (χ4n) is 13.3. The molecule has 0 spiro atoms. The van der Waals surface area contributed by atoms with Gasteiger partial charge in [0.15, 0.2) is 0 Å². The number of unbranched alkanes of at least 4 members (excludes halogenated alkanes) is 1. The number of carbonyl (C=O) groups excluding carboxylic acids is 13. The second-order valence-corrected chi connectivity index (χ2v) is 30.0. The largest absolute Gasteiger partial charge is 0.508 e. The van der Waals surface area contributed by atoms with E-state index in [1.54, 1.807) is 94.2 Å². The number of para-hydroxylation sites is 1. The maximum absolute atomic E-state index is 14.8. The predicted molar refractivity (Wildman–Crippen MR) is 443 cm³/mol. The summed E-state index contributed by atoms with van der Waals surface area (Å²) in [6.07, 6.45) is 4.18. The average molecular weight is 1700 g/mol. The molecule has 1 fully saturated rings. The van der Waals surface area contributed by atoms with Gasteiger partial charge in [-0.15, -0.1) is 0 Å². The lowest BCUT2D eigenvalue weighted by atomic mass is 10.0. The summed E-state index contributed by atoms with van der Waals surface area (Å²) in [5.74, 6) is -14.4. The molecule has 1 aliphatic heterocycles. The van der Waals surface area contributed by atoms with Crippen LogP contribution in [-0.4, -0.2) is 290 Å². The highest BCUT2D eigenvalue weighted by Crippen LogP contribution is 2.21. The third kappa shape index (κ3) is 33.2. The van der Waals surface area contributed by atoms with E-state index in [-0.39, 0.29) is 141 Å². The van der Waals surface area contributed by atoms with Gasteiger partial charge in [0.2, 0.25) is 70.9 Å². The first-order chi connectivity index (χ1) is 58.2. The molecule has 6 unspecified atom stereocenters. The third-order valence-corrected chi connectivity index (χ3v) is 20.0. The van der Waals surface area contributed by atoms with E-state index in [0.717, 1.165) is 6.42 Å². The quantitative estimate of drug-likeness (QED) is 0.0191. The zero-order valence-corrected chi connectivity index (χ0v) is 68.4. The van der Waals surface area contributed by atoms with Crippen molar-refractivity contribution in [1.29, 1.82) is 0 Å². The van der Waals surface area contributed by atoms with Crippen LogP contribution in [-0.2, 0) is 97.6 Å². The first-order valence-corrected chi connectivity index (χ1v) is 40.0. The number of benzene rings is 4. The Morgan fingerprint density at radius 1 is 0.475 bits per heavy atom. The minimum absolute atomic E-state index is 0.00610. The summed E-state index contributed by atoms with van der Waals surface area (Å²) < 4.78 is 0. The highest BCUT2D eigenvalue weighted by molar-refractivity contribution is 6.01. The van der Waals surface area contributed by atoms with Crippen LogP contribution in [0.2, 0.25) is 0 Å². The summed E-state index contributed by atoms with van der Waals surface area (Å²) in [4.78, 5) is 231. The van der Waals surface area contributed by atoms with Crippen LogP contribution in [0.3, 0.4) is 0 Å². The van der Waals surface area contributed by atoms with Crippen LogP contribution in [0.15, 0.2) is 122 Å². The number of hydrogen-bond acceptors (Lipinski definition) is 22. The second kappa shape index (κ2) is 48.8. The minimum atomic E-state index is -1.64. The van der Waals surface area contributed by atoms with Crippen molar-refractivity contribution in [3.63, 3.8) is 0 Å². The Morgan fingerprint density at radius 3 is 1.52 bits per heavy atom. The number of nitrogens with one attached hydrogen (secondary N) is 13. The molecule has 658 valence electrons. The number of fused-ring (bicyclic) bond motifs is 1. The number of carboxylic acid groups (broad SMARTS) is 3. The number of rotatable bonds is 46. The number of nitrogens with two attached hydrogens (primary N) is 2. The minimum Gasteiger partial charge on any atom is -0.508 e. The summed E-state index contributed by atoms with van der Waals surface area (Å²) in [6.45, 7) is 5.59. The van der Waals surface area contributed by atoms with Gasteiger partial charge in [-0.05, 0) is 84.8 Å². The lowest BCUT2D eigenvalue weighted by Gasteiger charge is -2.32. The number of primary amides is 2. The number of phenolic OH excluding ortho intramolecular Hbond substituents is 1. The van der Waals surface area contributed by atoms with Crippen LogP contribution in [0.1, 0.15) is 99.0 Å². The summed E-state index contributed by atoms with van der Waals surface area (Å²) in [6, 6.07) is 16.0. The monoisotopic (exact) mass is 1690 g/mol. The van der Waals surface area contributed by atoms with Gasteiger partial charge in [0, 0.05) is 132 Å². The molecule has 40 heteroatoms. The molecular weight excluding hydrogens is 1590 g/mol. The molecule has 21 N–H and O–H groups in total. The van der Waals surface area contributed by atoms with E-state index in [2.05, 4.69) is 73.4 Å². The van der Waals surface area contributed by atoms with Crippen LogP contribution in [0.25, 0.3) is 10.9 Å². The van der Waals surface area contributed by atoms with Gasteiger partial charge in [-0.1, -0.05) is 94.3 Å². The van der Waals surface area contributed by atoms with Crippen LogP contribution < -0.4 is 70.0 Å². The molecular formula is C82H110N20O20. The Hall–Kier alpha value is -13.2. The number of hydrogen-bond donors (Lipinski definition) is 19. The SMILES string of the molecule is CCCCC(NC(=O)C(Cc1ccccc1)NC(=O)C(Cc1c[nH]cn1)NC(=O)CCNC(=O)[C@@H](NC(=O)C(C)NC(=O)[C@H](Cc1c[nH]c2ccccc12)NC(=O)C(CCC(N)=O)NC(=O)C(Cc1ccc(O)cc1)NC(=O)c1ccc(NC(=O)CNC(=O)CN2CCN(CC(=O)O)CCN(CC(=O)O)CCN(CC(=O)O)CC2)cc1)C(C)C)C(N)=O. The van der Waals surface area contributed by atoms with E-state index >= 15 is 0 Å². The molecule has 1 aliphatic rings. The first-order valence-electron chi connectivity index (χ1n) is 40.0. The fraction of sp³-hybridized carbons (Fsp3) is 0.451. The van der Waals surface area contributed by atoms with Gasteiger partial charge in [-0.25, -0.2) is 4.98 Å². The predicted octanol–water partition coefficient (Wildman–Crippen LogP) is -2.29. The number of aromatic nitrogens is 3. The molecule has 13 amide bonds. The lowest BCUT2D eigenvalue weighted by Crippen LogP contribution is -2.59. The number of aromatic amines is 2. The molecule has 0 aliphatic carbocycles. The van der Waals surface area contributed by atoms with Crippen LogP contribution in [0.5, 0.6) is 5.75 Å². The number of aromatic hydroxyl groups is 1. The van der Waals surface area contributed by atoms with E-state index in [0.29, 0.717) is 39.7 Å². The van der Waals surface area contributed by atoms with Crippen LogP contribution in [0.4, 0.5) is 5.69 Å². The number of H-pyrrole nitrogens is 2. The van der Waals surface area contributed by atoms with Crippen molar-refractivity contribution in [2.45, 2.75) is 140 Å². The maximum atomic E-state index is 14.8. The maximum Gasteiger partial charge on any atom is 0.317 e. The highest BCUT2D eigenvalue weighted by atomic mass is 16.4. The molecule has 7 rings (SSSR count). The summed E-state index contributed by atoms with van der Waals surface area (Å²) in [5.41, 5.74) is 14.0. The van der Waals surface area contributed by atoms with Gasteiger partial charge in [0.1, 0.15) is 54.1 Å². The molecule has 1 saturated heterocycles. The van der Waals surface area contributed by atoms with Crippen molar-refractivity contribution in [3.8, 4) is 5.75 Å². The Kier molecular flexibility index (Phi) is 38.3. The molecule has 0 bridgehead atoms. The van der Waals surface area contributed by atoms with Crippen molar-refractivity contribution < 1.29 is 97.1 Å². The zero-order valence-electron chi connectivity index (χ0n) is 68.4. The van der Waals surface area contributed by atoms with Crippen LogP contribution >= 0.6 is 0 Å². The second-order valence-electron chi connectivity index (χ2n) is 30.0. The Labute approximate surface area is 703 Å². The van der Waals surface area contributed by atoms with Crippen molar-refractivity contribution in [2.75, 3.05) is 96.9 Å². The molecule has 8 atom stereocenters. The van der Waals surface area contributed by atoms with Gasteiger partial charge in [-0.2, -0.15) is 0 Å². The topological polar surface area (TPSA) is 596 Å². The Balaban J connectivity index is 0.986. The standard InChI is InChI=1S/C82H110N20O20/c1-5-6-15-60(74(84)114)93-79(119)63(37-51-12-8-7-9-13-51)96-81(121)65(40-56-42-85-48-89-56)92-67(105)27-28-86-82(122)73(49(2)3)98-75(115)50(4)90-78(118)64(39-54-41-87-59-16-11-10-14-58(54)59)97-77(117)61(25-26-66(83)104)94-80(120)62(38-52-17-23-57(103)24-18-52)95-76(116)53-19-21-55(22-20-53)91-68(106)43-88-69(107)44-99-29-31-100(45-70(108)109)33-35-102(47-72(112)113)36-34-101(32-30-99)46-71(110)111/h7-14,16-24,41-42,48-50,60-65,73,87,103H,5-6,15,25-40,43-47H2,1-4H3,(H2,83,104)(H2,84,114)(H,85,89)(H,86,122)(H,88,107)(H,90,118)(H,91,106)(H,92,105)(H,93,119)(H,94,120)(H,95,116)(H,96,121)(H,97,117)(H,98,115)(H,108,109)(H,110,111)(H,112,113)/t50?,60?,61?,62?,63?,64-,65?,73-/m0/s1. The molecule has 3 heterocycles. The number of imidazole rings is 1. The molecule has 0 saturated carbocycles. The molecule has 122 heavy (non-hydrogen) atoms. The van der Waals surface area contributed by atoms with Crippen molar-refractivity contribution in [3.05, 3.63) is 150 Å². The normalized spacial score (nSPS) is 15.1. The smallest absolute Gasteiger partial charge is 0.317 e. The lowest BCUT2D eigenvalue weighted by molar-refractivity contribution is -0.140. The molecule has 40 nitrogen and oxygen atoms in total. The van der Waals surface area contributed by atoms with E-state index in [1.807, 2.05) is 6.92 Å². The van der Waals surface area contributed by atoms with Gasteiger partial charge in [-0.3, -0.25) is 96.3 Å². The van der Waals surface area contributed by atoms with E-state index in [1.165, 1.54) is 68.0 Å². The fourth-order valence-corrected chi connectivity index (χ4v) is 13.3. The van der Waals surface area contributed by atoms with Gasteiger partial charge in [0.25, 0.3) is 5.91 Å². The van der Waals surface area contributed by atoms with Crippen molar-refractivity contribution >= 4 is 111 Å². The van der Waals surface area contributed by atoms with Crippen molar-refractivity contribution in [1.82, 2.24) is 87.7 Å². The number of carboxylic acids is 3. The summed E-state index contributed by atoms with van der Waals surface area (Å²) >= 11 is 0. The molecule has 2 aromatic heterocycles. The Morgan fingerprint density at radius 2 is 0.984 bits per heavy atom. The first kappa shape index (κ1) is 95.9. The summed E-state index contributed by atoms with van der Waals surface area (Å²) in [5, 5.41) is 68.6. The number of aliphatic carboxylic acids is 3. The van der Waals surface area contributed by atoms with Gasteiger partial charge < -0.3 is 100 Å². The Bertz CT molecular complexity index is 4540. The average Bonchev–Trinajstić information content (AvgIpc) is 1.66. The number of anilines is 1. The van der Waals surface area contributed by atoms with E-state index < -0.39 is 168 Å². The van der Waals surface area contributed by atoms with Gasteiger partial charge >= 0.3 is 17.9 Å². The highest BCUT2D eigenvalue weighted by Gasteiger charge is 2.36. The molecule has 6 aromatic rings. The number of phenols is 1. The van der Waals surface area contributed by atoms with Crippen LogP contribution in [0, 0.1) is 5.92 Å². The molecule has 4 aromatic carbocycles.